The molecule has 230 valence electrons. The fraction of sp³-hybridized carbons (Fsp3) is 0.394. The van der Waals surface area contributed by atoms with E-state index in [4.69, 9.17) is 4.74 Å². The van der Waals surface area contributed by atoms with Crippen LogP contribution in [0.1, 0.15) is 39.9 Å². The van der Waals surface area contributed by atoms with Crippen LogP contribution in [0.5, 0.6) is 0 Å². The summed E-state index contributed by atoms with van der Waals surface area (Å²) in [6.45, 7) is 3.70. The number of carboxylic acid groups (broad SMARTS) is 1. The molecular formula is C33H40N2O6S2. The highest BCUT2D eigenvalue weighted by atomic mass is 32.2. The minimum absolute atomic E-state index is 0.0823. The van der Waals surface area contributed by atoms with Crippen molar-refractivity contribution in [3.05, 3.63) is 95.1 Å². The summed E-state index contributed by atoms with van der Waals surface area (Å²) in [7, 11) is -3.24. The summed E-state index contributed by atoms with van der Waals surface area (Å²) in [5.41, 5.74) is 4.95. The molecule has 8 nitrogen and oxygen atoms in total. The molecule has 1 fully saturated rings. The Labute approximate surface area is 258 Å². The number of carbonyl (C=O) groups is 2. The zero-order chi connectivity index (χ0) is 31.0. The zero-order valence-corrected chi connectivity index (χ0v) is 26.5. The molecule has 43 heavy (non-hydrogen) atoms. The fourth-order valence-corrected chi connectivity index (χ4v) is 6.96. The predicted octanol–water partition coefficient (Wildman–Crippen LogP) is 4.80. The minimum atomic E-state index is -3.24. The van der Waals surface area contributed by atoms with E-state index in [1.807, 2.05) is 79.9 Å². The highest BCUT2D eigenvalue weighted by Gasteiger charge is 2.37. The summed E-state index contributed by atoms with van der Waals surface area (Å²) in [6.07, 6.45) is 4.00. The molecule has 3 atom stereocenters. The maximum Gasteiger partial charge on any atom is 0.326 e. The standard InChI is InChI=1S/C33H40N2O6S2/c1-23-9-7-8-12-28(23)30-17-25(13-14-29(30)32(36)34-31(33(37)38)15-16-42-2)19-35-20-27(43(3,39)40)18-26(35)22-41-21-24-10-5-4-6-11-24/h4-14,17,26-27,31H,15-16,18-22H2,1-3H3,(H,34,36)(H,37,38). The molecule has 1 aliphatic rings. The number of rotatable bonds is 14. The number of benzene rings is 3. The summed E-state index contributed by atoms with van der Waals surface area (Å²) in [4.78, 5) is 27.4. The lowest BCUT2D eigenvalue weighted by molar-refractivity contribution is -0.139. The van der Waals surface area contributed by atoms with Crippen LogP contribution in [-0.2, 0) is 32.5 Å². The number of likely N-dealkylation sites (tertiary alicyclic amines) is 1. The first kappa shape index (κ1) is 32.7. The molecule has 2 N–H and O–H groups in total. The van der Waals surface area contributed by atoms with Crippen molar-refractivity contribution in [3.8, 4) is 11.1 Å². The van der Waals surface area contributed by atoms with Crippen LogP contribution >= 0.6 is 11.8 Å². The third kappa shape index (κ3) is 8.92. The normalized spacial score (nSPS) is 17.9. The summed E-state index contributed by atoms with van der Waals surface area (Å²) in [5, 5.41) is 11.9. The molecule has 1 saturated heterocycles. The van der Waals surface area contributed by atoms with Crippen molar-refractivity contribution in [2.24, 2.45) is 0 Å². The number of carboxylic acids is 1. The molecule has 4 rings (SSSR count). The van der Waals surface area contributed by atoms with Gasteiger partial charge >= 0.3 is 5.97 Å². The lowest BCUT2D eigenvalue weighted by Crippen LogP contribution is -2.41. The number of amides is 1. The van der Waals surface area contributed by atoms with Crippen molar-refractivity contribution in [1.82, 2.24) is 10.2 Å². The van der Waals surface area contributed by atoms with Gasteiger partial charge < -0.3 is 15.2 Å². The molecular weight excluding hydrogens is 585 g/mol. The Morgan fingerprint density at radius 3 is 2.44 bits per heavy atom. The summed E-state index contributed by atoms with van der Waals surface area (Å²) in [5.74, 6) is -0.892. The third-order valence-corrected chi connectivity index (χ3v) is 10.1. The van der Waals surface area contributed by atoms with Crippen LogP contribution in [0, 0.1) is 6.92 Å². The van der Waals surface area contributed by atoms with Crippen molar-refractivity contribution in [3.63, 3.8) is 0 Å². The molecule has 3 aromatic carbocycles. The van der Waals surface area contributed by atoms with Gasteiger partial charge in [-0.3, -0.25) is 9.69 Å². The van der Waals surface area contributed by atoms with Crippen LogP contribution in [0.4, 0.5) is 0 Å². The summed E-state index contributed by atoms with van der Waals surface area (Å²) in [6, 6.07) is 22.1. The average Bonchev–Trinajstić information content (AvgIpc) is 3.39. The molecule has 0 aromatic heterocycles. The maximum atomic E-state index is 13.4. The Hall–Kier alpha value is -3.18. The average molecular weight is 625 g/mol. The molecule has 3 unspecified atom stereocenters. The van der Waals surface area contributed by atoms with E-state index in [1.54, 1.807) is 6.07 Å². The number of carbonyl (C=O) groups excluding carboxylic acids is 1. The topological polar surface area (TPSA) is 113 Å². The molecule has 0 radical (unpaired) electrons. The monoisotopic (exact) mass is 624 g/mol. The van der Waals surface area contributed by atoms with Crippen LogP contribution in [-0.4, -0.2) is 79.1 Å². The van der Waals surface area contributed by atoms with E-state index in [0.29, 0.717) is 56.0 Å². The Morgan fingerprint density at radius 2 is 1.77 bits per heavy atom. The smallest absolute Gasteiger partial charge is 0.326 e. The van der Waals surface area contributed by atoms with E-state index in [2.05, 4.69) is 10.2 Å². The molecule has 0 aliphatic carbocycles. The fourth-order valence-electron chi connectivity index (χ4n) is 5.45. The van der Waals surface area contributed by atoms with Gasteiger partial charge in [-0.2, -0.15) is 11.8 Å². The van der Waals surface area contributed by atoms with Gasteiger partial charge in [-0.05, 0) is 71.7 Å². The van der Waals surface area contributed by atoms with E-state index in [1.165, 1.54) is 18.0 Å². The SMILES string of the molecule is CSCCC(NC(=O)c1ccc(CN2CC(S(C)(=O)=O)CC2COCc2ccccc2)cc1-c1ccccc1C)C(=O)O. The number of thioether (sulfide) groups is 1. The number of sulfone groups is 1. The van der Waals surface area contributed by atoms with Crippen LogP contribution in [0.3, 0.4) is 0 Å². The summed E-state index contributed by atoms with van der Waals surface area (Å²) < 4.78 is 31.1. The lowest BCUT2D eigenvalue weighted by atomic mass is 9.93. The molecule has 0 spiro atoms. The maximum absolute atomic E-state index is 13.4. The van der Waals surface area contributed by atoms with E-state index in [9.17, 15) is 23.1 Å². The second-order valence-electron chi connectivity index (χ2n) is 11.1. The first-order valence-electron chi connectivity index (χ1n) is 14.3. The third-order valence-electron chi connectivity index (χ3n) is 7.88. The second-order valence-corrected chi connectivity index (χ2v) is 14.4. The number of aliphatic carboxylic acids is 1. The molecule has 3 aromatic rings. The van der Waals surface area contributed by atoms with Gasteiger partial charge in [0.05, 0.1) is 18.5 Å². The highest BCUT2D eigenvalue weighted by molar-refractivity contribution is 7.98. The van der Waals surface area contributed by atoms with Crippen molar-refractivity contribution >= 4 is 33.5 Å². The molecule has 0 bridgehead atoms. The number of hydrogen-bond donors (Lipinski definition) is 2. The molecule has 0 saturated carbocycles. The Balaban J connectivity index is 1.60. The van der Waals surface area contributed by atoms with Gasteiger partial charge in [-0.25, -0.2) is 13.2 Å². The number of aryl methyl sites for hydroxylation is 1. The van der Waals surface area contributed by atoms with Gasteiger partial charge in [0.1, 0.15) is 6.04 Å². The van der Waals surface area contributed by atoms with Crippen molar-refractivity contribution in [2.75, 3.05) is 31.4 Å². The molecule has 1 heterocycles. The number of hydrogen-bond acceptors (Lipinski definition) is 7. The van der Waals surface area contributed by atoms with Crippen LogP contribution in [0.15, 0.2) is 72.8 Å². The van der Waals surface area contributed by atoms with Crippen molar-refractivity contribution < 1.29 is 27.9 Å². The van der Waals surface area contributed by atoms with E-state index in [0.717, 1.165) is 22.3 Å². The molecule has 10 heteroatoms. The number of nitrogens with one attached hydrogen (secondary N) is 1. The van der Waals surface area contributed by atoms with Gasteiger partial charge in [0, 0.05) is 31.0 Å². The number of nitrogens with zero attached hydrogens (tertiary/aromatic N) is 1. The molecule has 1 amide bonds. The van der Waals surface area contributed by atoms with Gasteiger partial charge in [-0.1, -0.05) is 60.7 Å². The van der Waals surface area contributed by atoms with Crippen LogP contribution in [0.2, 0.25) is 0 Å². The first-order valence-corrected chi connectivity index (χ1v) is 17.7. The van der Waals surface area contributed by atoms with Crippen LogP contribution in [0.25, 0.3) is 11.1 Å². The Bertz CT molecular complexity index is 1510. The first-order chi connectivity index (χ1) is 20.6. The zero-order valence-electron chi connectivity index (χ0n) is 24.9. The number of ether oxygens (including phenoxy) is 1. The van der Waals surface area contributed by atoms with Gasteiger partial charge in [0.2, 0.25) is 0 Å². The van der Waals surface area contributed by atoms with Crippen molar-refractivity contribution in [2.45, 2.75) is 50.3 Å². The Morgan fingerprint density at radius 1 is 1.05 bits per heavy atom. The molecule has 1 aliphatic heterocycles. The predicted molar refractivity (Wildman–Crippen MR) is 172 cm³/mol. The lowest BCUT2D eigenvalue weighted by Gasteiger charge is -2.25. The highest BCUT2D eigenvalue weighted by Crippen LogP contribution is 2.31. The van der Waals surface area contributed by atoms with E-state index >= 15 is 0 Å². The second kappa shape index (κ2) is 15.0. The van der Waals surface area contributed by atoms with E-state index < -0.39 is 33.0 Å². The van der Waals surface area contributed by atoms with Gasteiger partial charge in [0.15, 0.2) is 9.84 Å². The van der Waals surface area contributed by atoms with E-state index in [-0.39, 0.29) is 6.04 Å². The minimum Gasteiger partial charge on any atom is -0.480 e. The van der Waals surface area contributed by atoms with Gasteiger partial charge in [0.25, 0.3) is 5.91 Å². The summed E-state index contributed by atoms with van der Waals surface area (Å²) >= 11 is 1.53. The van der Waals surface area contributed by atoms with Gasteiger partial charge in [-0.15, -0.1) is 0 Å². The largest absolute Gasteiger partial charge is 0.480 e. The van der Waals surface area contributed by atoms with Crippen molar-refractivity contribution in [1.29, 1.82) is 0 Å². The van der Waals surface area contributed by atoms with Crippen LogP contribution < -0.4 is 5.32 Å². The quantitative estimate of drug-likeness (QED) is 0.263. The Kier molecular flexibility index (Phi) is 11.4.